The summed E-state index contributed by atoms with van der Waals surface area (Å²) in [7, 11) is 0. The minimum Gasteiger partial charge on any atom is -0.461 e. The summed E-state index contributed by atoms with van der Waals surface area (Å²) in [5, 5.41) is 11.1. The third-order valence-electron chi connectivity index (χ3n) is 2.75. The molecule has 0 bridgehead atoms. The van der Waals surface area contributed by atoms with E-state index in [1.807, 2.05) is 42.5 Å². The van der Waals surface area contributed by atoms with Crippen LogP contribution in [0.1, 0.15) is 5.56 Å². The maximum Gasteiger partial charge on any atom is 0.219 e. The highest BCUT2D eigenvalue weighted by atomic mass is 32.1. The van der Waals surface area contributed by atoms with Crippen LogP contribution in [-0.2, 0) is 0 Å². The molecule has 0 saturated carbocycles. The van der Waals surface area contributed by atoms with E-state index < -0.39 is 0 Å². The summed E-state index contributed by atoms with van der Waals surface area (Å²) >= 11 is 5.16. The molecule has 0 aliphatic carbocycles. The van der Waals surface area contributed by atoms with E-state index in [4.69, 9.17) is 16.6 Å². The second-order valence-electron chi connectivity index (χ2n) is 4.18. The minimum absolute atomic E-state index is 0.408. The number of furan rings is 1. The van der Waals surface area contributed by atoms with Crippen molar-refractivity contribution >= 4 is 24.5 Å². The summed E-state index contributed by atoms with van der Waals surface area (Å²) in [6, 6.07) is 13.6. The van der Waals surface area contributed by atoms with Crippen LogP contribution in [0.15, 0.2) is 64.3 Å². The number of aromatic nitrogens is 3. The first-order chi connectivity index (χ1) is 10.3. The summed E-state index contributed by atoms with van der Waals surface area (Å²) in [4.78, 5) is 0. The maximum atomic E-state index is 5.31. The van der Waals surface area contributed by atoms with Gasteiger partial charge in [-0.2, -0.15) is 9.78 Å². The van der Waals surface area contributed by atoms with Crippen molar-refractivity contribution in [3.05, 3.63) is 65.1 Å². The molecule has 0 unspecified atom stereocenters. The zero-order valence-corrected chi connectivity index (χ0v) is 11.8. The average molecular weight is 296 g/mol. The normalized spacial score (nSPS) is 11.6. The SMILES string of the molecule is S=c1[nH]nc(-c2ccco2)n1N=C/C=C/c1ccccc1. The van der Waals surface area contributed by atoms with Crippen molar-refractivity contribution in [2.24, 2.45) is 5.10 Å². The molecule has 0 fully saturated rings. The van der Waals surface area contributed by atoms with E-state index in [9.17, 15) is 0 Å². The molecule has 2 aromatic heterocycles. The fourth-order valence-electron chi connectivity index (χ4n) is 1.79. The van der Waals surface area contributed by atoms with Gasteiger partial charge in [0, 0.05) is 6.21 Å². The average Bonchev–Trinajstić information content (AvgIpc) is 3.15. The molecule has 2 heterocycles. The number of benzene rings is 1. The Kier molecular flexibility index (Phi) is 3.88. The number of nitrogens with one attached hydrogen (secondary N) is 1. The fraction of sp³-hybridized carbons (Fsp3) is 0. The monoisotopic (exact) mass is 296 g/mol. The van der Waals surface area contributed by atoms with Crippen LogP contribution >= 0.6 is 12.2 Å². The Labute approximate surface area is 126 Å². The molecule has 0 amide bonds. The summed E-state index contributed by atoms with van der Waals surface area (Å²) in [6.07, 6.45) is 7.04. The number of rotatable bonds is 4. The van der Waals surface area contributed by atoms with Gasteiger partial charge in [0.05, 0.1) is 6.26 Å². The number of nitrogens with zero attached hydrogens (tertiary/aromatic N) is 3. The van der Waals surface area contributed by atoms with Gasteiger partial charge >= 0.3 is 0 Å². The van der Waals surface area contributed by atoms with Crippen LogP contribution in [0.3, 0.4) is 0 Å². The van der Waals surface area contributed by atoms with E-state index in [2.05, 4.69) is 15.3 Å². The van der Waals surface area contributed by atoms with E-state index in [0.717, 1.165) is 5.56 Å². The van der Waals surface area contributed by atoms with Crippen molar-refractivity contribution in [2.75, 3.05) is 0 Å². The van der Waals surface area contributed by atoms with Gasteiger partial charge in [0.25, 0.3) is 0 Å². The molecule has 104 valence electrons. The van der Waals surface area contributed by atoms with Crippen molar-refractivity contribution in [1.29, 1.82) is 0 Å². The largest absolute Gasteiger partial charge is 0.461 e. The van der Waals surface area contributed by atoms with Crippen molar-refractivity contribution in [3.8, 4) is 11.6 Å². The molecule has 1 N–H and O–H groups in total. The second kappa shape index (κ2) is 6.15. The summed E-state index contributed by atoms with van der Waals surface area (Å²) in [5.41, 5.74) is 1.10. The zero-order chi connectivity index (χ0) is 14.5. The Morgan fingerprint density at radius 3 is 2.81 bits per heavy atom. The van der Waals surface area contributed by atoms with Crippen LogP contribution in [0.4, 0.5) is 0 Å². The Balaban J connectivity index is 1.82. The highest BCUT2D eigenvalue weighted by Crippen LogP contribution is 2.17. The Hall–Kier alpha value is -2.73. The van der Waals surface area contributed by atoms with Crippen LogP contribution in [0, 0.1) is 4.77 Å². The first-order valence-corrected chi connectivity index (χ1v) is 6.73. The molecule has 0 aliphatic rings. The van der Waals surface area contributed by atoms with Gasteiger partial charge in [0.15, 0.2) is 5.76 Å². The van der Waals surface area contributed by atoms with Crippen LogP contribution in [0.5, 0.6) is 0 Å². The first-order valence-electron chi connectivity index (χ1n) is 6.32. The van der Waals surface area contributed by atoms with Crippen LogP contribution in [-0.4, -0.2) is 21.1 Å². The Morgan fingerprint density at radius 2 is 2.05 bits per heavy atom. The minimum atomic E-state index is 0.408. The van der Waals surface area contributed by atoms with Crippen molar-refractivity contribution < 1.29 is 4.42 Å². The van der Waals surface area contributed by atoms with Gasteiger partial charge < -0.3 is 4.42 Å². The lowest BCUT2D eigenvalue weighted by Crippen LogP contribution is -1.92. The highest BCUT2D eigenvalue weighted by Gasteiger charge is 2.09. The first kappa shape index (κ1) is 13.3. The second-order valence-corrected chi connectivity index (χ2v) is 4.56. The van der Waals surface area contributed by atoms with Gasteiger partial charge in [-0.05, 0) is 36.0 Å². The summed E-state index contributed by atoms with van der Waals surface area (Å²) in [5.74, 6) is 1.14. The molecular formula is C15H12N4OS. The predicted octanol–water partition coefficient (Wildman–Crippen LogP) is 3.75. The molecule has 3 rings (SSSR count). The lowest BCUT2D eigenvalue weighted by atomic mass is 10.2. The number of allylic oxidation sites excluding steroid dienone is 1. The molecule has 6 heteroatoms. The standard InChI is InChI=1S/C15H12N4OS/c21-15-18-17-14(13-9-5-11-20-13)19(15)16-10-4-8-12-6-2-1-3-7-12/h1-11H,(H,18,21)/b8-4+,16-10?. The van der Waals surface area contributed by atoms with Gasteiger partial charge in [-0.3, -0.25) is 0 Å². The third kappa shape index (κ3) is 3.06. The van der Waals surface area contributed by atoms with E-state index in [1.54, 1.807) is 24.6 Å². The van der Waals surface area contributed by atoms with E-state index in [1.165, 1.54) is 4.68 Å². The highest BCUT2D eigenvalue weighted by molar-refractivity contribution is 7.71. The Bertz CT molecular complexity index is 813. The maximum absolute atomic E-state index is 5.31. The number of aromatic amines is 1. The van der Waals surface area contributed by atoms with Crippen molar-refractivity contribution in [3.63, 3.8) is 0 Å². The van der Waals surface area contributed by atoms with Crippen LogP contribution < -0.4 is 0 Å². The number of hydrogen-bond donors (Lipinski definition) is 1. The van der Waals surface area contributed by atoms with E-state index in [0.29, 0.717) is 16.4 Å². The topological polar surface area (TPSA) is 59.1 Å². The molecular weight excluding hydrogens is 284 g/mol. The fourth-order valence-corrected chi connectivity index (χ4v) is 1.97. The Morgan fingerprint density at radius 1 is 1.19 bits per heavy atom. The molecule has 1 aromatic carbocycles. The van der Waals surface area contributed by atoms with Gasteiger partial charge in [0.2, 0.25) is 10.6 Å². The van der Waals surface area contributed by atoms with Gasteiger partial charge in [0.1, 0.15) is 0 Å². The van der Waals surface area contributed by atoms with Crippen molar-refractivity contribution in [2.45, 2.75) is 0 Å². The van der Waals surface area contributed by atoms with Crippen LogP contribution in [0.25, 0.3) is 17.7 Å². The zero-order valence-electron chi connectivity index (χ0n) is 11.0. The van der Waals surface area contributed by atoms with Gasteiger partial charge in [-0.1, -0.05) is 36.4 Å². The predicted molar refractivity (Wildman–Crippen MR) is 84.5 cm³/mol. The molecule has 5 nitrogen and oxygen atoms in total. The molecule has 0 spiro atoms. The number of hydrogen-bond acceptors (Lipinski definition) is 4. The summed E-state index contributed by atoms with van der Waals surface area (Å²) < 4.78 is 7.23. The van der Waals surface area contributed by atoms with Gasteiger partial charge in [-0.15, -0.1) is 5.10 Å². The molecule has 0 aliphatic heterocycles. The smallest absolute Gasteiger partial charge is 0.219 e. The lowest BCUT2D eigenvalue weighted by Gasteiger charge is -1.95. The molecule has 21 heavy (non-hydrogen) atoms. The van der Waals surface area contributed by atoms with Crippen LogP contribution in [0.2, 0.25) is 0 Å². The number of H-pyrrole nitrogens is 1. The van der Waals surface area contributed by atoms with E-state index in [-0.39, 0.29) is 0 Å². The third-order valence-corrected chi connectivity index (χ3v) is 3.01. The van der Waals surface area contributed by atoms with Gasteiger partial charge in [-0.25, -0.2) is 5.10 Å². The van der Waals surface area contributed by atoms with Crippen molar-refractivity contribution in [1.82, 2.24) is 14.9 Å². The quantitative estimate of drug-likeness (QED) is 0.589. The molecule has 0 atom stereocenters. The molecule has 0 saturated heterocycles. The lowest BCUT2D eigenvalue weighted by molar-refractivity contribution is 0.573. The van der Waals surface area contributed by atoms with E-state index >= 15 is 0 Å². The summed E-state index contributed by atoms with van der Waals surface area (Å²) in [6.45, 7) is 0. The molecule has 0 radical (unpaired) electrons. The molecule has 3 aromatic rings.